The predicted octanol–water partition coefficient (Wildman–Crippen LogP) is 3.14. The number of benzene rings is 1. The molecule has 172 valence electrons. The number of amides is 1. The van der Waals surface area contributed by atoms with E-state index >= 15 is 0 Å². The zero-order chi connectivity index (χ0) is 23.6. The molecule has 0 radical (unpaired) electrons. The Labute approximate surface area is 184 Å². The second-order valence-electron chi connectivity index (χ2n) is 7.08. The Morgan fingerprint density at radius 1 is 1.29 bits per heavy atom. The summed E-state index contributed by atoms with van der Waals surface area (Å²) in [5.41, 5.74) is 2.20. The topological polar surface area (TPSA) is 149 Å². The molecule has 5 N–H and O–H groups in total. The highest BCUT2D eigenvalue weighted by atomic mass is 32.2. The lowest BCUT2D eigenvalue weighted by molar-refractivity contribution is -0.136. The van der Waals surface area contributed by atoms with Crippen LogP contribution in [0.3, 0.4) is 0 Å². The molecule has 4 rings (SSSR count). The first kappa shape index (κ1) is 26.6. The van der Waals surface area contributed by atoms with Crippen molar-refractivity contribution in [2.75, 3.05) is 11.1 Å². The van der Waals surface area contributed by atoms with E-state index in [4.69, 9.17) is 14.7 Å². The lowest BCUT2D eigenvalue weighted by atomic mass is 10.1. The highest BCUT2D eigenvalue weighted by Gasteiger charge is 2.26. The first-order valence-electron chi connectivity index (χ1n) is 9.95. The van der Waals surface area contributed by atoms with E-state index in [9.17, 15) is 19.5 Å². The van der Waals surface area contributed by atoms with Gasteiger partial charge in [-0.3, -0.25) is 9.59 Å². The van der Waals surface area contributed by atoms with Gasteiger partial charge in [-0.15, -0.1) is 11.8 Å². The first-order valence-corrected chi connectivity index (χ1v) is 11.0. The highest BCUT2D eigenvalue weighted by molar-refractivity contribution is 8.00. The van der Waals surface area contributed by atoms with Crippen LogP contribution in [-0.2, 0) is 9.59 Å². The number of hydrogen-bond donors (Lipinski definition) is 5. The number of carboxylic acid groups (broad SMARTS) is 1. The van der Waals surface area contributed by atoms with Crippen LogP contribution in [0.15, 0.2) is 33.5 Å². The molecular weight excluding hydrogens is 424 g/mol. The maximum atomic E-state index is 12.1. The van der Waals surface area contributed by atoms with E-state index in [1.54, 1.807) is 26.0 Å². The van der Waals surface area contributed by atoms with Gasteiger partial charge in [-0.05, 0) is 43.7 Å². The van der Waals surface area contributed by atoms with E-state index in [1.807, 2.05) is 5.48 Å². The van der Waals surface area contributed by atoms with Crippen molar-refractivity contribution >= 4 is 40.3 Å². The number of anilines is 1. The minimum atomic E-state index is -1.09. The molecule has 1 aromatic heterocycles. The minimum Gasteiger partial charge on any atom is -0.480 e. The van der Waals surface area contributed by atoms with Gasteiger partial charge in [-0.2, -0.15) is 5.48 Å². The van der Waals surface area contributed by atoms with Crippen molar-refractivity contribution < 1.29 is 29.4 Å². The number of fused-ring (bicyclic) bond motifs is 7. The molecule has 0 saturated heterocycles. The smallest absolute Gasteiger partial charge is 0.336 e. The monoisotopic (exact) mass is 454 g/mol. The number of rotatable bonds is 2. The van der Waals surface area contributed by atoms with Crippen LogP contribution in [0.4, 0.5) is 5.69 Å². The maximum Gasteiger partial charge on any atom is 0.336 e. The molecule has 2 unspecified atom stereocenters. The summed E-state index contributed by atoms with van der Waals surface area (Å²) in [6, 6.07) is 4.94. The van der Waals surface area contributed by atoms with Crippen molar-refractivity contribution in [3.05, 3.63) is 40.2 Å². The van der Waals surface area contributed by atoms with Crippen LogP contribution in [0.25, 0.3) is 11.0 Å². The van der Waals surface area contributed by atoms with E-state index < -0.39 is 28.8 Å². The third kappa shape index (κ3) is 8.33. The number of aliphatic hydroxyl groups is 1. The molecule has 2 aromatic rings. The van der Waals surface area contributed by atoms with Crippen LogP contribution >= 0.6 is 11.8 Å². The summed E-state index contributed by atoms with van der Waals surface area (Å²) < 4.78 is 5.13. The maximum absolute atomic E-state index is 12.1. The second kappa shape index (κ2) is 13.1. The molecule has 3 heterocycles. The molecule has 4 bridgehead atoms. The van der Waals surface area contributed by atoms with Crippen molar-refractivity contribution in [1.29, 1.82) is 0 Å². The van der Waals surface area contributed by atoms with Crippen LogP contribution in [0, 0.1) is 0 Å². The molecule has 0 spiro atoms. The Morgan fingerprint density at radius 2 is 1.90 bits per heavy atom. The van der Waals surface area contributed by atoms with E-state index in [1.165, 1.54) is 18.6 Å². The molecule has 10 heteroatoms. The Morgan fingerprint density at radius 3 is 2.45 bits per heavy atom. The molecule has 31 heavy (non-hydrogen) atoms. The summed E-state index contributed by atoms with van der Waals surface area (Å²) >= 11 is 1.08. The Hall–Kier alpha value is -2.40. The highest BCUT2D eigenvalue weighted by Crippen LogP contribution is 2.35. The van der Waals surface area contributed by atoms with Gasteiger partial charge >= 0.3 is 11.6 Å². The van der Waals surface area contributed by atoms with Gasteiger partial charge in [0.1, 0.15) is 16.9 Å². The average Bonchev–Trinajstić information content (AvgIpc) is 2.66. The zero-order valence-electron chi connectivity index (χ0n) is 18.0. The van der Waals surface area contributed by atoms with Gasteiger partial charge < -0.3 is 25.2 Å². The van der Waals surface area contributed by atoms with Gasteiger partial charge in [0.2, 0.25) is 5.91 Å². The molecule has 2 atom stereocenters. The van der Waals surface area contributed by atoms with Gasteiger partial charge in [-0.1, -0.05) is 20.3 Å². The van der Waals surface area contributed by atoms with Gasteiger partial charge in [0.05, 0.1) is 0 Å². The third-order valence-corrected chi connectivity index (χ3v) is 4.97. The Balaban J connectivity index is 0.000000604. The van der Waals surface area contributed by atoms with Crippen LogP contribution in [0.2, 0.25) is 0 Å². The van der Waals surface area contributed by atoms with Crippen molar-refractivity contribution in [3.8, 4) is 0 Å². The van der Waals surface area contributed by atoms with Gasteiger partial charge in [0, 0.05) is 29.3 Å². The fraction of sp³-hybridized carbons (Fsp3) is 0.476. The zero-order valence-corrected chi connectivity index (χ0v) is 18.9. The number of carbonyl (C=O) groups excluding carboxylic acids is 1. The average molecular weight is 455 g/mol. The molecule has 2 aliphatic heterocycles. The SMILES string of the molecule is CC(C)O.CCC.O=C1Nc2ccc3c(cc(=O)oc3c2)C(C(=O)O)SCCC1NO. The summed E-state index contributed by atoms with van der Waals surface area (Å²) in [5, 5.41) is 28.9. The van der Waals surface area contributed by atoms with Crippen molar-refractivity contribution in [2.24, 2.45) is 0 Å². The molecule has 0 saturated carbocycles. The summed E-state index contributed by atoms with van der Waals surface area (Å²) in [6.45, 7) is 7.69. The predicted molar refractivity (Wildman–Crippen MR) is 121 cm³/mol. The van der Waals surface area contributed by atoms with Gasteiger partial charge in [0.25, 0.3) is 0 Å². The van der Waals surface area contributed by atoms with Crippen molar-refractivity contribution in [3.63, 3.8) is 0 Å². The lowest BCUT2D eigenvalue weighted by Gasteiger charge is -2.19. The van der Waals surface area contributed by atoms with E-state index in [0.717, 1.165) is 11.8 Å². The van der Waals surface area contributed by atoms with Crippen molar-refractivity contribution in [2.45, 2.75) is 57.9 Å². The molecule has 2 aliphatic rings. The van der Waals surface area contributed by atoms with Crippen LogP contribution < -0.4 is 16.4 Å². The molecule has 1 aromatic carbocycles. The number of aliphatic carboxylic acids is 1. The minimum absolute atomic E-state index is 0.167. The van der Waals surface area contributed by atoms with Crippen molar-refractivity contribution in [1.82, 2.24) is 5.48 Å². The van der Waals surface area contributed by atoms with E-state index in [2.05, 4.69) is 19.2 Å². The van der Waals surface area contributed by atoms with Crippen LogP contribution in [0.1, 0.15) is 51.3 Å². The van der Waals surface area contributed by atoms with Crippen LogP contribution in [0.5, 0.6) is 0 Å². The summed E-state index contributed by atoms with van der Waals surface area (Å²) in [7, 11) is 0. The standard InChI is InChI=1S/C15H14N2O6S.C3H8O.C3H8/c18-12-6-9-8-2-1-7(5-11(8)23-12)16-14(19)10(17-22)3-4-24-13(9)15(20)21;1-3(2)4;1-3-2/h1-2,5-6,10,13,17,22H,3-4H2,(H,16,19)(H,20,21);3-4H,1-2H3;3H2,1-2H3. The molecule has 0 aliphatic carbocycles. The lowest BCUT2D eigenvalue weighted by Crippen LogP contribution is -2.39. The normalized spacial score (nSPS) is 18.2. The number of nitrogens with one attached hydrogen (secondary N) is 2. The second-order valence-corrected chi connectivity index (χ2v) is 8.29. The fourth-order valence-electron chi connectivity index (χ4n) is 2.56. The van der Waals surface area contributed by atoms with E-state index in [0.29, 0.717) is 22.4 Å². The first-order chi connectivity index (χ1) is 14.6. The molecule has 0 fully saturated rings. The summed E-state index contributed by atoms with van der Waals surface area (Å²) in [5.74, 6) is -1.27. The Kier molecular flexibility index (Phi) is 11.3. The summed E-state index contributed by atoms with van der Waals surface area (Å²) in [6.07, 6.45) is 1.30. The fourth-order valence-corrected chi connectivity index (χ4v) is 3.69. The van der Waals surface area contributed by atoms with Gasteiger partial charge in [-0.25, -0.2) is 4.79 Å². The Bertz CT molecular complexity index is 927. The number of thioether (sulfide) groups is 1. The van der Waals surface area contributed by atoms with E-state index in [-0.39, 0.29) is 18.1 Å². The molecular formula is C21H30N2O7S. The van der Waals surface area contributed by atoms with Crippen LogP contribution in [-0.4, -0.2) is 45.2 Å². The third-order valence-electron chi connectivity index (χ3n) is 3.71. The number of aliphatic hydroxyl groups excluding tert-OH is 1. The molecule has 1 amide bonds. The quantitative estimate of drug-likeness (QED) is 0.341. The number of carbonyl (C=O) groups is 2. The largest absolute Gasteiger partial charge is 0.480 e. The number of hydroxylamine groups is 1. The number of carboxylic acids is 1. The summed E-state index contributed by atoms with van der Waals surface area (Å²) in [4.78, 5) is 35.6. The molecule has 9 nitrogen and oxygen atoms in total. The van der Waals surface area contributed by atoms with Gasteiger partial charge in [0.15, 0.2) is 0 Å². The number of hydrogen-bond acceptors (Lipinski definition) is 8.